The molecule has 1 amide bonds. The Bertz CT molecular complexity index is 1680. The Morgan fingerprint density at radius 2 is 1.00 bits per heavy atom. The van der Waals surface area contributed by atoms with Crippen molar-refractivity contribution in [3.8, 4) is 0 Å². The summed E-state index contributed by atoms with van der Waals surface area (Å²) in [6.07, 6.45) is 42.5. The van der Waals surface area contributed by atoms with Gasteiger partial charge >= 0.3 is 0 Å². The van der Waals surface area contributed by atoms with Crippen LogP contribution >= 0.6 is 0 Å². The van der Waals surface area contributed by atoms with Crippen molar-refractivity contribution >= 4 is 5.91 Å². The number of unbranched alkanes of at least 4 members (excludes halogenated alkanes) is 4. The fourth-order valence-corrected chi connectivity index (χ4v) is 7.28. The quantitative estimate of drug-likeness (QED) is 0.0231. The van der Waals surface area contributed by atoms with E-state index in [4.69, 9.17) is 18.9 Å². The molecular formula is C56H87NO13. The Hall–Kier alpha value is -3.87. The zero-order chi connectivity index (χ0) is 51.0. The van der Waals surface area contributed by atoms with Crippen LogP contribution in [0, 0.1) is 0 Å². The summed E-state index contributed by atoms with van der Waals surface area (Å²) in [5.41, 5.74) is 0. The molecule has 0 aromatic carbocycles. The van der Waals surface area contributed by atoms with E-state index in [0.29, 0.717) is 12.8 Å². The Balaban J connectivity index is 1.79. The minimum Gasteiger partial charge on any atom is -0.394 e. The molecule has 12 unspecified atom stereocenters. The highest BCUT2D eigenvalue weighted by atomic mass is 16.7. The van der Waals surface area contributed by atoms with Crippen LogP contribution in [0.25, 0.3) is 0 Å². The van der Waals surface area contributed by atoms with E-state index in [-0.39, 0.29) is 18.9 Å². The third-order valence-electron chi connectivity index (χ3n) is 11.4. The van der Waals surface area contributed by atoms with Crippen molar-refractivity contribution in [2.24, 2.45) is 0 Å². The average molecular weight is 982 g/mol. The summed E-state index contributed by atoms with van der Waals surface area (Å²) in [5.74, 6) is -0.308. The minimum absolute atomic E-state index is 0.204. The molecule has 2 rings (SSSR count). The van der Waals surface area contributed by atoms with Crippen LogP contribution in [0.5, 0.6) is 0 Å². The Kier molecular flexibility index (Phi) is 36.2. The van der Waals surface area contributed by atoms with Gasteiger partial charge in [0, 0.05) is 6.42 Å². The van der Waals surface area contributed by atoms with Crippen LogP contribution in [0.15, 0.2) is 134 Å². The standard InChI is InChI=1S/C56H87NO13/c1-3-5-7-9-11-13-14-15-16-17-18-19-20-21-22-23-24-25-26-27-28-29-30-32-34-36-38-40-48(61)57-44(45(60)39-37-35-33-31-12-10-8-6-4-2)43-67-55-53(66)51(64)54(47(42-59)69-55)70-56-52(65)50(63)49(62)46(41-58)68-56/h4-7,11-13,15-16,18-19,21-22,24-25,27-28,30-32,37,39,44-47,49-56,58-60,62-66H,3,8-10,14,17,20,23,26,29,33-36,38,40-43H2,1-2H3,(H,57,61)/b6-4+,7-5-,13-11-,16-15-,19-18-,22-21-,25-24-,28-27-,31-12+,32-30-,39-37+. The van der Waals surface area contributed by atoms with Crippen molar-refractivity contribution in [1.29, 1.82) is 0 Å². The lowest BCUT2D eigenvalue weighted by Crippen LogP contribution is -2.65. The maximum Gasteiger partial charge on any atom is 0.220 e. The predicted octanol–water partition coefficient (Wildman–Crippen LogP) is 6.87. The largest absolute Gasteiger partial charge is 0.394 e. The molecule has 14 heteroatoms. The molecule has 9 N–H and O–H groups in total. The molecular weight excluding hydrogens is 895 g/mol. The SMILES string of the molecule is C/C=C/CC/C=C/CC/C=C/C(O)C(COC1OC(CO)C(OC2OC(CO)C(O)C(O)C2O)C(O)C1O)NC(=O)CCCC/C=C\C/C=C\C/C=C\C/C=C\C/C=C\C/C=C\C/C=C\C/C=C\CC. The molecule has 0 aliphatic carbocycles. The monoisotopic (exact) mass is 982 g/mol. The van der Waals surface area contributed by atoms with Crippen molar-refractivity contribution in [2.75, 3.05) is 19.8 Å². The van der Waals surface area contributed by atoms with Gasteiger partial charge in [0.15, 0.2) is 12.6 Å². The highest BCUT2D eigenvalue weighted by Gasteiger charge is 2.51. The van der Waals surface area contributed by atoms with Gasteiger partial charge < -0.3 is 65.1 Å². The van der Waals surface area contributed by atoms with Crippen LogP contribution in [0.1, 0.15) is 117 Å². The van der Waals surface area contributed by atoms with Gasteiger partial charge in [0.05, 0.1) is 32.0 Å². The molecule has 0 aromatic heterocycles. The lowest BCUT2D eigenvalue weighted by molar-refractivity contribution is -0.359. The fraction of sp³-hybridized carbons (Fsp3) is 0.589. The van der Waals surface area contributed by atoms with E-state index in [0.717, 1.165) is 83.5 Å². The van der Waals surface area contributed by atoms with Gasteiger partial charge in [0.2, 0.25) is 5.91 Å². The number of aliphatic hydroxyl groups is 8. The van der Waals surface area contributed by atoms with Crippen LogP contribution in [-0.4, -0.2) is 140 Å². The molecule has 0 spiro atoms. The number of ether oxygens (including phenoxy) is 4. The van der Waals surface area contributed by atoms with Crippen LogP contribution in [0.3, 0.4) is 0 Å². The Morgan fingerprint density at radius 1 is 0.543 bits per heavy atom. The van der Waals surface area contributed by atoms with Gasteiger partial charge in [-0.1, -0.05) is 141 Å². The smallest absolute Gasteiger partial charge is 0.220 e. The van der Waals surface area contributed by atoms with E-state index in [1.54, 1.807) is 6.08 Å². The van der Waals surface area contributed by atoms with E-state index in [2.05, 4.69) is 128 Å². The van der Waals surface area contributed by atoms with Gasteiger partial charge in [-0.2, -0.15) is 0 Å². The summed E-state index contributed by atoms with van der Waals surface area (Å²) >= 11 is 0. The number of carbonyl (C=O) groups is 1. The molecule has 0 bridgehead atoms. The van der Waals surface area contributed by atoms with Gasteiger partial charge in [-0.3, -0.25) is 4.79 Å². The van der Waals surface area contributed by atoms with Crippen LogP contribution in [-0.2, 0) is 23.7 Å². The number of rotatable bonds is 36. The molecule has 0 aromatic rings. The first kappa shape index (κ1) is 62.2. The Morgan fingerprint density at radius 3 is 1.51 bits per heavy atom. The summed E-state index contributed by atoms with van der Waals surface area (Å²) in [4.78, 5) is 13.1. The predicted molar refractivity (Wildman–Crippen MR) is 276 cm³/mol. The first-order valence-electron chi connectivity index (χ1n) is 25.4. The molecule has 12 atom stereocenters. The van der Waals surface area contributed by atoms with Gasteiger partial charge in [-0.15, -0.1) is 0 Å². The van der Waals surface area contributed by atoms with E-state index in [1.165, 1.54) is 0 Å². The molecule has 2 saturated heterocycles. The van der Waals surface area contributed by atoms with E-state index < -0.39 is 86.8 Å². The van der Waals surface area contributed by atoms with Gasteiger partial charge in [-0.05, 0) is 103 Å². The number of nitrogens with one attached hydrogen (secondary N) is 1. The second kappa shape index (κ2) is 40.7. The molecule has 2 aliphatic rings. The normalized spacial score (nSPS) is 27.1. The van der Waals surface area contributed by atoms with Crippen LogP contribution in [0.4, 0.5) is 0 Å². The summed E-state index contributed by atoms with van der Waals surface area (Å²) in [6.45, 7) is 2.33. The van der Waals surface area contributed by atoms with E-state index in [9.17, 15) is 45.6 Å². The highest BCUT2D eigenvalue weighted by molar-refractivity contribution is 5.76. The molecule has 14 nitrogen and oxygen atoms in total. The van der Waals surface area contributed by atoms with Gasteiger partial charge in [-0.25, -0.2) is 0 Å². The molecule has 70 heavy (non-hydrogen) atoms. The van der Waals surface area contributed by atoms with Crippen molar-refractivity contribution < 1.29 is 64.6 Å². The van der Waals surface area contributed by atoms with E-state index >= 15 is 0 Å². The van der Waals surface area contributed by atoms with Crippen LogP contribution in [0.2, 0.25) is 0 Å². The maximum atomic E-state index is 13.1. The third-order valence-corrected chi connectivity index (χ3v) is 11.4. The highest BCUT2D eigenvalue weighted by Crippen LogP contribution is 2.30. The van der Waals surface area contributed by atoms with Crippen molar-refractivity contribution in [3.05, 3.63) is 134 Å². The fourth-order valence-electron chi connectivity index (χ4n) is 7.28. The van der Waals surface area contributed by atoms with Gasteiger partial charge in [0.1, 0.15) is 48.8 Å². The van der Waals surface area contributed by atoms with Crippen molar-refractivity contribution in [3.63, 3.8) is 0 Å². The maximum absolute atomic E-state index is 13.1. The number of carbonyl (C=O) groups excluding carboxylic acids is 1. The average Bonchev–Trinajstić information content (AvgIpc) is 3.36. The van der Waals surface area contributed by atoms with Crippen molar-refractivity contribution in [2.45, 2.75) is 190 Å². The second-order valence-electron chi connectivity index (χ2n) is 17.2. The third kappa shape index (κ3) is 27.1. The van der Waals surface area contributed by atoms with E-state index in [1.807, 2.05) is 19.1 Å². The summed E-state index contributed by atoms with van der Waals surface area (Å²) in [5, 5.41) is 86.4. The van der Waals surface area contributed by atoms with Crippen LogP contribution < -0.4 is 5.32 Å². The lowest BCUT2D eigenvalue weighted by atomic mass is 9.97. The number of hydrogen-bond acceptors (Lipinski definition) is 13. The molecule has 2 aliphatic heterocycles. The first-order valence-corrected chi connectivity index (χ1v) is 25.4. The molecule has 2 heterocycles. The Labute approximate surface area is 418 Å². The molecule has 394 valence electrons. The summed E-state index contributed by atoms with van der Waals surface area (Å²) < 4.78 is 22.6. The number of hydrogen-bond donors (Lipinski definition) is 9. The molecule has 0 radical (unpaired) electrons. The van der Waals surface area contributed by atoms with Crippen molar-refractivity contribution in [1.82, 2.24) is 5.32 Å². The lowest BCUT2D eigenvalue weighted by Gasteiger charge is -2.46. The number of aliphatic hydroxyl groups excluding tert-OH is 8. The zero-order valence-electron chi connectivity index (χ0n) is 41.7. The summed E-state index contributed by atoms with van der Waals surface area (Å²) in [6, 6.07) is -0.969. The first-order chi connectivity index (χ1) is 34.1. The molecule has 2 fully saturated rings. The number of amides is 1. The summed E-state index contributed by atoms with van der Waals surface area (Å²) in [7, 11) is 0. The zero-order valence-corrected chi connectivity index (χ0v) is 41.7. The second-order valence-corrected chi connectivity index (χ2v) is 17.2. The minimum atomic E-state index is -1.80. The number of allylic oxidation sites excluding steroid dienone is 21. The topological polar surface area (TPSA) is 228 Å². The van der Waals surface area contributed by atoms with Gasteiger partial charge in [0.25, 0.3) is 0 Å². The molecule has 0 saturated carbocycles.